The summed E-state index contributed by atoms with van der Waals surface area (Å²) >= 11 is 7.48. The highest BCUT2D eigenvalue weighted by molar-refractivity contribution is 6.24. The molecule has 0 N–H and O–H groups in total. The van der Waals surface area contributed by atoms with Crippen molar-refractivity contribution in [3.8, 4) is 0 Å². The highest BCUT2D eigenvalue weighted by Gasteiger charge is 2.62. The standard InChI is InChI=1S/C26H41ClO4/c1-16-14-20-21(25(3)12-10-19(15-23(16)25)31-17(2)28)11-13-26(27)18(8-9-22(20)26)6-5-7-24(29)30-4/h16,18-23H,5-15H2,1-4H3/t16-,18?,19+,20?,21?,22?,23-,25+,26-/m0/s1. The number of rotatable bonds is 5. The van der Waals surface area contributed by atoms with Gasteiger partial charge in [-0.15, -0.1) is 11.6 Å². The van der Waals surface area contributed by atoms with E-state index in [2.05, 4.69) is 13.8 Å². The lowest BCUT2D eigenvalue weighted by molar-refractivity contribution is -0.162. The molecule has 0 aromatic carbocycles. The molecule has 176 valence electrons. The largest absolute Gasteiger partial charge is 0.469 e. The van der Waals surface area contributed by atoms with Crippen LogP contribution in [0.5, 0.6) is 0 Å². The normalized spacial score (nSPS) is 46.4. The Bertz CT molecular complexity index is 695. The van der Waals surface area contributed by atoms with E-state index in [9.17, 15) is 9.59 Å². The first kappa shape index (κ1) is 23.4. The first-order valence-corrected chi connectivity index (χ1v) is 13.0. The van der Waals surface area contributed by atoms with Crippen molar-refractivity contribution in [2.45, 2.75) is 102 Å². The number of methoxy groups -OCH3 is 1. The average molecular weight is 453 g/mol. The van der Waals surface area contributed by atoms with Crippen molar-refractivity contribution in [1.29, 1.82) is 0 Å². The molecule has 4 rings (SSSR count). The summed E-state index contributed by atoms with van der Waals surface area (Å²) in [7, 11) is 1.47. The Hall–Kier alpha value is -0.770. The summed E-state index contributed by atoms with van der Waals surface area (Å²) in [6, 6.07) is 0. The van der Waals surface area contributed by atoms with Crippen molar-refractivity contribution in [2.75, 3.05) is 7.11 Å². The molecule has 0 bridgehead atoms. The first-order chi connectivity index (χ1) is 14.7. The maximum absolute atomic E-state index is 11.5. The Morgan fingerprint density at radius 3 is 2.52 bits per heavy atom. The molecule has 5 heteroatoms. The quantitative estimate of drug-likeness (QED) is 0.371. The number of carbonyl (C=O) groups excluding carboxylic acids is 2. The van der Waals surface area contributed by atoms with Crippen LogP contribution in [0.15, 0.2) is 0 Å². The van der Waals surface area contributed by atoms with Gasteiger partial charge in [-0.1, -0.05) is 13.8 Å². The molecule has 0 aromatic heterocycles. The minimum absolute atomic E-state index is 0.0743. The zero-order valence-corrected chi connectivity index (χ0v) is 20.6. The molecule has 4 unspecified atom stereocenters. The van der Waals surface area contributed by atoms with Crippen molar-refractivity contribution in [3.05, 3.63) is 0 Å². The molecule has 9 atom stereocenters. The van der Waals surface area contributed by atoms with Crippen molar-refractivity contribution in [1.82, 2.24) is 0 Å². The number of alkyl halides is 1. The fraction of sp³-hybridized carbons (Fsp3) is 0.923. The van der Waals surface area contributed by atoms with E-state index in [-0.39, 0.29) is 22.9 Å². The maximum atomic E-state index is 11.5. The van der Waals surface area contributed by atoms with Crippen LogP contribution in [0, 0.1) is 40.9 Å². The molecule has 0 amide bonds. The number of ether oxygens (including phenoxy) is 2. The molecule has 0 heterocycles. The number of hydrogen-bond donors (Lipinski definition) is 0. The third kappa shape index (κ3) is 4.15. The van der Waals surface area contributed by atoms with Crippen molar-refractivity contribution in [3.63, 3.8) is 0 Å². The molecule has 31 heavy (non-hydrogen) atoms. The minimum atomic E-state index is -0.135. The van der Waals surface area contributed by atoms with Crippen LogP contribution in [0.4, 0.5) is 0 Å². The van der Waals surface area contributed by atoms with Crippen molar-refractivity contribution < 1.29 is 19.1 Å². The van der Waals surface area contributed by atoms with Gasteiger partial charge < -0.3 is 9.47 Å². The molecule has 0 spiro atoms. The van der Waals surface area contributed by atoms with Gasteiger partial charge in [0.1, 0.15) is 6.10 Å². The van der Waals surface area contributed by atoms with Crippen LogP contribution < -0.4 is 0 Å². The fourth-order valence-corrected chi connectivity index (χ4v) is 9.32. The van der Waals surface area contributed by atoms with Crippen LogP contribution in [0.25, 0.3) is 0 Å². The summed E-state index contributed by atoms with van der Waals surface area (Å²) in [4.78, 5) is 23.0. The van der Waals surface area contributed by atoms with Crippen LogP contribution in [0.3, 0.4) is 0 Å². The lowest BCUT2D eigenvalue weighted by Crippen LogP contribution is -2.57. The van der Waals surface area contributed by atoms with Gasteiger partial charge in [-0.3, -0.25) is 9.59 Å². The second-order valence-electron chi connectivity index (χ2n) is 11.4. The molecular weight excluding hydrogens is 412 g/mol. The summed E-state index contributed by atoms with van der Waals surface area (Å²) in [5, 5.41) is 0. The van der Waals surface area contributed by atoms with Gasteiger partial charge in [0.25, 0.3) is 0 Å². The first-order valence-electron chi connectivity index (χ1n) is 12.6. The monoisotopic (exact) mass is 452 g/mol. The van der Waals surface area contributed by atoms with Gasteiger partial charge in [-0.2, -0.15) is 0 Å². The molecule has 0 saturated heterocycles. The predicted molar refractivity (Wildman–Crippen MR) is 122 cm³/mol. The van der Waals surface area contributed by atoms with Gasteiger partial charge in [0, 0.05) is 13.3 Å². The SMILES string of the molecule is COC(=O)CCCC1CCC2C3C[C@H](C)[C@@H]4C[C@H](OC(C)=O)CC[C@]4(C)C3CC[C@]12Cl. The van der Waals surface area contributed by atoms with Crippen LogP contribution >= 0.6 is 11.6 Å². The van der Waals surface area contributed by atoms with Gasteiger partial charge in [-0.05, 0) is 105 Å². The lowest BCUT2D eigenvalue weighted by Gasteiger charge is -2.62. The Labute approximate surface area is 193 Å². The average Bonchev–Trinajstić information content (AvgIpc) is 3.05. The molecular formula is C26H41ClO4. The Morgan fingerprint density at radius 1 is 1.03 bits per heavy atom. The number of halogens is 1. The van der Waals surface area contributed by atoms with E-state index in [0.717, 1.165) is 43.9 Å². The molecule has 0 radical (unpaired) electrons. The van der Waals surface area contributed by atoms with E-state index in [1.807, 2.05) is 0 Å². The van der Waals surface area contributed by atoms with E-state index in [4.69, 9.17) is 21.1 Å². The van der Waals surface area contributed by atoms with Gasteiger partial charge in [0.15, 0.2) is 0 Å². The Kier molecular flexibility index (Phi) is 6.70. The molecule has 4 aliphatic rings. The number of fused-ring (bicyclic) bond motifs is 5. The maximum Gasteiger partial charge on any atom is 0.305 e. The molecule has 0 aromatic rings. The topological polar surface area (TPSA) is 52.6 Å². The molecule has 4 fully saturated rings. The Morgan fingerprint density at radius 2 is 1.81 bits per heavy atom. The molecule has 4 nitrogen and oxygen atoms in total. The van der Waals surface area contributed by atoms with Gasteiger partial charge >= 0.3 is 11.9 Å². The van der Waals surface area contributed by atoms with Gasteiger partial charge in [-0.25, -0.2) is 0 Å². The summed E-state index contributed by atoms with van der Waals surface area (Å²) < 4.78 is 10.5. The number of carbonyl (C=O) groups is 2. The van der Waals surface area contributed by atoms with Crippen molar-refractivity contribution in [2.24, 2.45) is 40.9 Å². The number of esters is 2. The van der Waals surface area contributed by atoms with E-state index >= 15 is 0 Å². The van der Waals surface area contributed by atoms with Crippen molar-refractivity contribution >= 4 is 23.5 Å². The minimum Gasteiger partial charge on any atom is -0.469 e. The highest BCUT2D eigenvalue weighted by atomic mass is 35.5. The smallest absolute Gasteiger partial charge is 0.305 e. The lowest BCUT2D eigenvalue weighted by atomic mass is 9.44. The zero-order valence-electron chi connectivity index (χ0n) is 19.8. The fourth-order valence-electron chi connectivity index (χ4n) is 8.73. The molecule has 0 aliphatic heterocycles. The molecule has 4 saturated carbocycles. The van der Waals surface area contributed by atoms with Gasteiger partial charge in [0.2, 0.25) is 0 Å². The summed E-state index contributed by atoms with van der Waals surface area (Å²) in [5.41, 5.74) is 0.347. The summed E-state index contributed by atoms with van der Waals surface area (Å²) in [6.45, 7) is 6.51. The van der Waals surface area contributed by atoms with E-state index in [0.29, 0.717) is 35.5 Å². The van der Waals surface area contributed by atoms with Crippen LogP contribution in [-0.4, -0.2) is 30.0 Å². The summed E-state index contributed by atoms with van der Waals surface area (Å²) in [6.07, 6.45) is 11.8. The second kappa shape index (κ2) is 8.88. The highest BCUT2D eigenvalue weighted by Crippen LogP contribution is 2.67. The molecule has 4 aliphatic carbocycles. The number of hydrogen-bond acceptors (Lipinski definition) is 4. The van der Waals surface area contributed by atoms with Crippen LogP contribution in [0.2, 0.25) is 0 Å². The second-order valence-corrected chi connectivity index (χ2v) is 12.1. The summed E-state index contributed by atoms with van der Waals surface area (Å²) in [5.74, 6) is 3.67. The Balaban J connectivity index is 1.46. The van der Waals surface area contributed by atoms with E-state index in [1.54, 1.807) is 0 Å². The predicted octanol–water partition coefficient (Wildman–Crippen LogP) is 6.14. The van der Waals surface area contributed by atoms with E-state index in [1.165, 1.54) is 46.1 Å². The van der Waals surface area contributed by atoms with Gasteiger partial charge in [0.05, 0.1) is 12.0 Å². The van der Waals surface area contributed by atoms with Crippen LogP contribution in [-0.2, 0) is 19.1 Å². The third-order valence-electron chi connectivity index (χ3n) is 10.0. The zero-order chi connectivity index (χ0) is 22.4. The van der Waals surface area contributed by atoms with E-state index < -0.39 is 0 Å². The third-order valence-corrected chi connectivity index (χ3v) is 10.8. The van der Waals surface area contributed by atoms with Crippen LogP contribution in [0.1, 0.15) is 91.4 Å².